The van der Waals surface area contributed by atoms with Crippen molar-refractivity contribution >= 4 is 5.97 Å². The fourth-order valence-electron chi connectivity index (χ4n) is 1.52. The van der Waals surface area contributed by atoms with Crippen LogP contribution < -0.4 is 4.74 Å². The van der Waals surface area contributed by atoms with Gasteiger partial charge < -0.3 is 9.84 Å². The van der Waals surface area contributed by atoms with Crippen LogP contribution in [-0.4, -0.2) is 17.2 Å². The third kappa shape index (κ3) is 2.99. The third-order valence-electron chi connectivity index (χ3n) is 2.71. The second kappa shape index (κ2) is 4.56. The number of benzene rings is 1. The molecule has 0 spiro atoms. The Morgan fingerprint density at radius 1 is 1.44 bits per heavy atom. The van der Waals surface area contributed by atoms with E-state index in [1.54, 1.807) is 6.92 Å². The topological polar surface area (TPSA) is 46.5 Å². The number of carboxylic acid groups (broad SMARTS) is 1. The Balaban J connectivity index is 1.92. The fourth-order valence-corrected chi connectivity index (χ4v) is 1.52. The number of ether oxygens (including phenoxy) is 1. The summed E-state index contributed by atoms with van der Waals surface area (Å²) in [5, 5.41) is 8.80. The molecule has 3 nitrogen and oxygen atoms in total. The van der Waals surface area contributed by atoms with Crippen LogP contribution in [0.2, 0.25) is 0 Å². The van der Waals surface area contributed by atoms with Crippen molar-refractivity contribution in [2.45, 2.75) is 32.3 Å². The fraction of sp³-hybridized carbons (Fsp3) is 0.462. The van der Waals surface area contributed by atoms with Gasteiger partial charge in [-0.2, -0.15) is 0 Å². The summed E-state index contributed by atoms with van der Waals surface area (Å²) >= 11 is 0. The van der Waals surface area contributed by atoms with Gasteiger partial charge in [-0.25, -0.2) is 0 Å². The van der Waals surface area contributed by atoms with Crippen molar-refractivity contribution in [2.24, 2.45) is 5.92 Å². The Kier molecular flexibility index (Phi) is 3.13. The lowest BCUT2D eigenvalue weighted by Crippen LogP contribution is -2.12. The molecular weight excluding hydrogens is 204 g/mol. The highest BCUT2D eigenvalue weighted by Gasteiger charge is 2.23. The third-order valence-corrected chi connectivity index (χ3v) is 2.71. The molecule has 1 aliphatic carbocycles. The summed E-state index contributed by atoms with van der Waals surface area (Å²) in [6, 6.07) is 7.72. The molecule has 1 aromatic rings. The van der Waals surface area contributed by atoms with Gasteiger partial charge in [0, 0.05) is 0 Å². The second-order valence-electron chi connectivity index (χ2n) is 4.40. The van der Waals surface area contributed by atoms with Gasteiger partial charge >= 0.3 is 5.97 Å². The molecule has 16 heavy (non-hydrogen) atoms. The first-order valence-corrected chi connectivity index (χ1v) is 5.63. The maximum absolute atomic E-state index is 10.7. The first kappa shape index (κ1) is 11.0. The average Bonchev–Trinajstić information content (AvgIpc) is 3.04. The van der Waals surface area contributed by atoms with Crippen LogP contribution in [-0.2, 0) is 11.2 Å². The van der Waals surface area contributed by atoms with E-state index in [1.807, 2.05) is 24.3 Å². The number of hydrogen-bond donors (Lipinski definition) is 1. The molecular formula is C13H16O3. The molecule has 0 amide bonds. The first-order chi connectivity index (χ1) is 7.65. The lowest BCUT2D eigenvalue weighted by atomic mass is 10.0. The van der Waals surface area contributed by atoms with E-state index in [0.717, 1.165) is 24.2 Å². The quantitative estimate of drug-likeness (QED) is 0.829. The molecule has 86 valence electrons. The van der Waals surface area contributed by atoms with Gasteiger partial charge in [0.25, 0.3) is 0 Å². The Labute approximate surface area is 95.0 Å². The zero-order valence-corrected chi connectivity index (χ0v) is 9.35. The number of aliphatic carboxylic acids is 1. The Morgan fingerprint density at radius 3 is 2.56 bits per heavy atom. The molecule has 1 fully saturated rings. The maximum atomic E-state index is 10.7. The monoisotopic (exact) mass is 220 g/mol. The molecule has 2 rings (SSSR count). The van der Waals surface area contributed by atoms with Crippen LogP contribution in [0.5, 0.6) is 5.75 Å². The zero-order chi connectivity index (χ0) is 11.5. The molecule has 0 aliphatic heterocycles. The van der Waals surface area contributed by atoms with Gasteiger partial charge in [0.2, 0.25) is 0 Å². The van der Waals surface area contributed by atoms with E-state index in [4.69, 9.17) is 9.84 Å². The van der Waals surface area contributed by atoms with Crippen LogP contribution >= 0.6 is 0 Å². The van der Waals surface area contributed by atoms with Gasteiger partial charge in [0.15, 0.2) is 0 Å². The molecule has 1 saturated carbocycles. The second-order valence-corrected chi connectivity index (χ2v) is 4.40. The van der Waals surface area contributed by atoms with E-state index < -0.39 is 5.97 Å². The van der Waals surface area contributed by atoms with Crippen LogP contribution in [0.15, 0.2) is 24.3 Å². The van der Waals surface area contributed by atoms with E-state index >= 15 is 0 Å². The van der Waals surface area contributed by atoms with Crippen molar-refractivity contribution in [1.29, 1.82) is 0 Å². The summed E-state index contributed by atoms with van der Waals surface area (Å²) in [4.78, 5) is 10.7. The lowest BCUT2D eigenvalue weighted by molar-refractivity contribution is -0.141. The molecule has 0 radical (unpaired) electrons. The maximum Gasteiger partial charge on any atom is 0.306 e. The standard InChI is InChI=1S/C13H16O3/c1-9(13(14)15)8-10-2-4-11(5-3-10)16-12-6-7-12/h2-5,9,12H,6-8H2,1H3,(H,14,15). The van der Waals surface area contributed by atoms with Crippen molar-refractivity contribution in [1.82, 2.24) is 0 Å². The average molecular weight is 220 g/mol. The van der Waals surface area contributed by atoms with Crippen molar-refractivity contribution < 1.29 is 14.6 Å². The van der Waals surface area contributed by atoms with Crippen LogP contribution in [0.25, 0.3) is 0 Å². The molecule has 1 aromatic carbocycles. The minimum absolute atomic E-state index is 0.338. The molecule has 0 aromatic heterocycles. The minimum atomic E-state index is -0.752. The molecule has 1 unspecified atom stereocenters. The van der Waals surface area contributed by atoms with Crippen molar-refractivity contribution in [3.8, 4) is 5.75 Å². The van der Waals surface area contributed by atoms with Crippen LogP contribution in [0.4, 0.5) is 0 Å². The summed E-state index contributed by atoms with van der Waals surface area (Å²) < 4.78 is 5.62. The molecule has 3 heteroatoms. The summed E-state index contributed by atoms with van der Waals surface area (Å²) in [5.41, 5.74) is 1.04. The van der Waals surface area contributed by atoms with E-state index in [0.29, 0.717) is 12.5 Å². The van der Waals surface area contributed by atoms with Crippen LogP contribution in [0, 0.1) is 5.92 Å². The zero-order valence-electron chi connectivity index (χ0n) is 9.35. The Morgan fingerprint density at radius 2 is 2.06 bits per heavy atom. The van der Waals surface area contributed by atoms with Gasteiger partial charge in [-0.15, -0.1) is 0 Å². The van der Waals surface area contributed by atoms with E-state index in [1.165, 1.54) is 0 Å². The number of carboxylic acids is 1. The van der Waals surface area contributed by atoms with Gasteiger partial charge in [-0.05, 0) is 37.0 Å². The molecule has 1 N–H and O–H groups in total. The summed E-state index contributed by atoms with van der Waals surface area (Å²) in [6.07, 6.45) is 3.28. The summed E-state index contributed by atoms with van der Waals surface area (Å²) in [7, 11) is 0. The number of carbonyl (C=O) groups is 1. The predicted molar refractivity (Wildman–Crippen MR) is 60.6 cm³/mol. The molecule has 0 bridgehead atoms. The predicted octanol–water partition coefficient (Wildman–Crippen LogP) is 2.49. The van der Waals surface area contributed by atoms with Gasteiger partial charge in [-0.1, -0.05) is 19.1 Å². The molecule has 1 aliphatic rings. The molecule has 0 saturated heterocycles. The highest BCUT2D eigenvalue weighted by atomic mass is 16.5. The SMILES string of the molecule is CC(Cc1ccc(OC2CC2)cc1)C(=O)O. The number of rotatable bonds is 5. The van der Waals surface area contributed by atoms with Crippen molar-refractivity contribution in [3.05, 3.63) is 29.8 Å². The largest absolute Gasteiger partial charge is 0.490 e. The normalized spacial score (nSPS) is 16.8. The van der Waals surface area contributed by atoms with E-state index in [9.17, 15) is 4.79 Å². The van der Waals surface area contributed by atoms with Crippen molar-refractivity contribution in [3.63, 3.8) is 0 Å². The highest BCUT2D eigenvalue weighted by molar-refractivity contribution is 5.69. The molecule has 0 heterocycles. The van der Waals surface area contributed by atoms with Gasteiger partial charge in [0.05, 0.1) is 12.0 Å². The molecule has 1 atom stereocenters. The van der Waals surface area contributed by atoms with Crippen LogP contribution in [0.3, 0.4) is 0 Å². The van der Waals surface area contributed by atoms with Crippen molar-refractivity contribution in [2.75, 3.05) is 0 Å². The van der Waals surface area contributed by atoms with E-state index in [-0.39, 0.29) is 5.92 Å². The minimum Gasteiger partial charge on any atom is -0.490 e. The Hall–Kier alpha value is -1.51. The Bertz CT molecular complexity index is 365. The van der Waals surface area contributed by atoms with E-state index in [2.05, 4.69) is 0 Å². The first-order valence-electron chi connectivity index (χ1n) is 5.63. The highest BCUT2D eigenvalue weighted by Crippen LogP contribution is 2.26. The van der Waals surface area contributed by atoms with Gasteiger partial charge in [-0.3, -0.25) is 4.79 Å². The smallest absolute Gasteiger partial charge is 0.306 e. The van der Waals surface area contributed by atoms with Gasteiger partial charge in [0.1, 0.15) is 5.75 Å². The summed E-state index contributed by atoms with van der Waals surface area (Å²) in [5.74, 6) is -0.206. The lowest BCUT2D eigenvalue weighted by Gasteiger charge is -2.08. The number of hydrogen-bond acceptors (Lipinski definition) is 2. The summed E-state index contributed by atoms with van der Waals surface area (Å²) in [6.45, 7) is 1.72. The van der Waals surface area contributed by atoms with Crippen LogP contribution in [0.1, 0.15) is 25.3 Å².